The summed E-state index contributed by atoms with van der Waals surface area (Å²) in [5, 5.41) is 1.77. The van der Waals surface area contributed by atoms with Gasteiger partial charge >= 0.3 is 5.63 Å². The average Bonchev–Trinajstić information content (AvgIpc) is 2.70. The zero-order valence-corrected chi connectivity index (χ0v) is 15.7. The molecule has 0 aliphatic carbocycles. The molecule has 0 bridgehead atoms. The van der Waals surface area contributed by atoms with Gasteiger partial charge in [-0.2, -0.15) is 0 Å². The van der Waals surface area contributed by atoms with Crippen molar-refractivity contribution in [2.75, 3.05) is 31.1 Å². The van der Waals surface area contributed by atoms with E-state index in [4.69, 9.17) is 16.0 Å². The molecule has 138 valence electrons. The number of amides is 1. The van der Waals surface area contributed by atoms with Crippen molar-refractivity contribution >= 4 is 34.0 Å². The monoisotopic (exact) mass is 382 g/mol. The first-order chi connectivity index (χ1) is 13.0. The fourth-order valence-electron chi connectivity index (χ4n) is 3.55. The third kappa shape index (κ3) is 3.30. The Hall–Kier alpha value is -2.79. The second-order valence-corrected chi connectivity index (χ2v) is 7.13. The van der Waals surface area contributed by atoms with E-state index in [1.54, 1.807) is 23.1 Å². The van der Waals surface area contributed by atoms with Crippen LogP contribution in [-0.2, 0) is 0 Å². The van der Waals surface area contributed by atoms with E-state index >= 15 is 0 Å². The van der Waals surface area contributed by atoms with Crippen LogP contribution in [0.3, 0.4) is 0 Å². The Morgan fingerprint density at radius 2 is 1.74 bits per heavy atom. The molecule has 1 amide bonds. The fraction of sp³-hybridized carbons (Fsp3) is 0.238. The molecule has 2 aromatic carbocycles. The van der Waals surface area contributed by atoms with Crippen molar-refractivity contribution in [3.8, 4) is 0 Å². The van der Waals surface area contributed by atoms with Crippen LogP contribution in [0.25, 0.3) is 10.8 Å². The van der Waals surface area contributed by atoms with Gasteiger partial charge in [-0.05, 0) is 30.7 Å². The number of piperazine rings is 1. The van der Waals surface area contributed by atoms with Crippen molar-refractivity contribution in [1.29, 1.82) is 0 Å². The van der Waals surface area contributed by atoms with Crippen LogP contribution in [0.1, 0.15) is 15.9 Å². The Bertz CT molecular complexity index is 1070. The Morgan fingerprint density at radius 1 is 1.04 bits per heavy atom. The van der Waals surface area contributed by atoms with Gasteiger partial charge in [0, 0.05) is 42.3 Å². The second kappa shape index (κ2) is 7.08. The molecule has 0 atom stereocenters. The summed E-state index contributed by atoms with van der Waals surface area (Å²) in [6, 6.07) is 12.9. The lowest BCUT2D eigenvalue weighted by Gasteiger charge is -2.37. The number of fused-ring (bicyclic) bond motifs is 1. The molecule has 1 fully saturated rings. The van der Waals surface area contributed by atoms with Crippen LogP contribution >= 0.6 is 11.6 Å². The van der Waals surface area contributed by atoms with E-state index in [-0.39, 0.29) is 5.91 Å². The van der Waals surface area contributed by atoms with Crippen LogP contribution in [-0.4, -0.2) is 37.0 Å². The molecule has 0 radical (unpaired) electrons. The number of anilines is 1. The number of nitrogens with zero attached hydrogens (tertiary/aromatic N) is 2. The highest BCUT2D eigenvalue weighted by Crippen LogP contribution is 2.26. The number of carbonyl (C=O) groups is 1. The predicted molar refractivity (Wildman–Crippen MR) is 107 cm³/mol. The molecule has 4 rings (SSSR count). The highest BCUT2D eigenvalue weighted by atomic mass is 35.5. The van der Waals surface area contributed by atoms with Gasteiger partial charge < -0.3 is 14.2 Å². The molecule has 6 heteroatoms. The van der Waals surface area contributed by atoms with Crippen LogP contribution in [0.4, 0.5) is 5.69 Å². The maximum Gasteiger partial charge on any atom is 0.343 e. The summed E-state index contributed by atoms with van der Waals surface area (Å²) in [4.78, 5) is 28.9. The molecule has 27 heavy (non-hydrogen) atoms. The topological polar surface area (TPSA) is 53.8 Å². The summed E-state index contributed by atoms with van der Waals surface area (Å²) in [5.74, 6) is -0.114. The Kier molecular flexibility index (Phi) is 4.62. The van der Waals surface area contributed by atoms with E-state index in [1.165, 1.54) is 6.26 Å². The molecule has 1 aliphatic heterocycles. The Balaban J connectivity index is 1.55. The summed E-state index contributed by atoms with van der Waals surface area (Å²) in [6.07, 6.45) is 1.28. The molecular weight excluding hydrogens is 364 g/mol. The highest BCUT2D eigenvalue weighted by Gasteiger charge is 2.25. The first-order valence-electron chi connectivity index (χ1n) is 8.85. The minimum Gasteiger partial charge on any atom is -0.430 e. The van der Waals surface area contributed by atoms with Crippen molar-refractivity contribution in [1.82, 2.24) is 4.90 Å². The first kappa shape index (κ1) is 17.6. The molecule has 1 aliphatic rings. The number of aryl methyl sites for hydroxylation is 1. The summed E-state index contributed by atoms with van der Waals surface area (Å²) in [5.41, 5.74) is 2.27. The van der Waals surface area contributed by atoms with Gasteiger partial charge in [0.2, 0.25) is 0 Å². The average molecular weight is 383 g/mol. The lowest BCUT2D eigenvalue weighted by molar-refractivity contribution is 0.0746. The van der Waals surface area contributed by atoms with Crippen molar-refractivity contribution in [2.45, 2.75) is 6.92 Å². The predicted octanol–water partition coefficient (Wildman–Crippen LogP) is 3.72. The van der Waals surface area contributed by atoms with Crippen molar-refractivity contribution < 1.29 is 9.21 Å². The second-order valence-electron chi connectivity index (χ2n) is 6.69. The molecule has 1 saturated heterocycles. The maximum absolute atomic E-state index is 13.0. The molecule has 1 aromatic heterocycles. The van der Waals surface area contributed by atoms with E-state index in [9.17, 15) is 9.59 Å². The van der Waals surface area contributed by atoms with Gasteiger partial charge in [0.05, 0.1) is 10.9 Å². The SMILES string of the molecule is Cc1ccc(Cl)cc1N1CCN(C(=O)c2coc(=O)c3ccccc23)CC1. The largest absolute Gasteiger partial charge is 0.430 e. The van der Waals surface area contributed by atoms with E-state index in [1.807, 2.05) is 24.3 Å². The quantitative estimate of drug-likeness (QED) is 0.678. The van der Waals surface area contributed by atoms with Crippen LogP contribution < -0.4 is 10.5 Å². The van der Waals surface area contributed by atoms with Gasteiger partial charge in [-0.15, -0.1) is 0 Å². The van der Waals surface area contributed by atoms with Crippen LogP contribution in [0.15, 0.2) is 57.9 Å². The third-order valence-electron chi connectivity index (χ3n) is 5.03. The molecule has 0 saturated carbocycles. The molecule has 5 nitrogen and oxygen atoms in total. The van der Waals surface area contributed by atoms with Crippen molar-refractivity contribution in [3.63, 3.8) is 0 Å². The number of carbonyl (C=O) groups excluding carboxylic acids is 1. The smallest absolute Gasteiger partial charge is 0.343 e. The first-order valence-corrected chi connectivity index (χ1v) is 9.23. The maximum atomic E-state index is 13.0. The van der Waals surface area contributed by atoms with Gasteiger partial charge in [0.1, 0.15) is 6.26 Å². The lowest BCUT2D eigenvalue weighted by atomic mass is 10.1. The minimum absolute atomic E-state index is 0.114. The molecule has 3 aromatic rings. The fourth-order valence-corrected chi connectivity index (χ4v) is 3.71. The van der Waals surface area contributed by atoms with Gasteiger partial charge in [-0.3, -0.25) is 4.79 Å². The zero-order chi connectivity index (χ0) is 19.0. The summed E-state index contributed by atoms with van der Waals surface area (Å²) < 4.78 is 5.07. The highest BCUT2D eigenvalue weighted by molar-refractivity contribution is 6.30. The molecular formula is C21H19ClN2O3. The van der Waals surface area contributed by atoms with E-state index in [0.717, 1.165) is 24.3 Å². The minimum atomic E-state index is -0.427. The van der Waals surface area contributed by atoms with Gasteiger partial charge in [0.15, 0.2) is 0 Å². The molecule has 2 heterocycles. The molecule has 0 N–H and O–H groups in total. The van der Waals surface area contributed by atoms with E-state index in [0.29, 0.717) is 34.4 Å². The van der Waals surface area contributed by atoms with Crippen LogP contribution in [0.5, 0.6) is 0 Å². The Morgan fingerprint density at radius 3 is 2.48 bits per heavy atom. The number of halogens is 1. The summed E-state index contributed by atoms with van der Waals surface area (Å²) in [6.45, 7) is 4.70. The number of rotatable bonds is 2. The van der Waals surface area contributed by atoms with E-state index < -0.39 is 5.63 Å². The summed E-state index contributed by atoms with van der Waals surface area (Å²) >= 11 is 6.14. The normalized spacial score (nSPS) is 14.6. The standard InChI is InChI=1S/C21H19ClN2O3/c1-14-6-7-15(22)12-19(14)23-8-10-24(11-9-23)20(25)18-13-27-21(26)17-5-3-2-4-16(17)18/h2-7,12-13H,8-11H2,1H3. The number of benzene rings is 2. The number of hydrogen-bond acceptors (Lipinski definition) is 4. The van der Waals surface area contributed by atoms with Crippen molar-refractivity contribution in [2.24, 2.45) is 0 Å². The zero-order valence-electron chi connectivity index (χ0n) is 14.9. The summed E-state index contributed by atoms with van der Waals surface area (Å²) in [7, 11) is 0. The third-order valence-corrected chi connectivity index (χ3v) is 5.27. The Labute approximate surface area is 161 Å². The van der Waals surface area contributed by atoms with Gasteiger partial charge in [0.25, 0.3) is 5.91 Å². The number of hydrogen-bond donors (Lipinski definition) is 0. The van der Waals surface area contributed by atoms with Crippen LogP contribution in [0, 0.1) is 6.92 Å². The molecule has 0 unspecified atom stereocenters. The van der Waals surface area contributed by atoms with Gasteiger partial charge in [-0.1, -0.05) is 35.9 Å². The lowest BCUT2D eigenvalue weighted by Crippen LogP contribution is -2.49. The molecule has 0 spiro atoms. The van der Waals surface area contributed by atoms with E-state index in [2.05, 4.69) is 11.8 Å². The van der Waals surface area contributed by atoms with Crippen LogP contribution in [0.2, 0.25) is 5.02 Å². The van der Waals surface area contributed by atoms with Crippen molar-refractivity contribution in [3.05, 3.63) is 75.3 Å². The van der Waals surface area contributed by atoms with Gasteiger partial charge in [-0.25, -0.2) is 4.79 Å².